The lowest BCUT2D eigenvalue weighted by molar-refractivity contribution is 0.697. The summed E-state index contributed by atoms with van der Waals surface area (Å²) >= 11 is 0. The van der Waals surface area contributed by atoms with E-state index in [0.29, 0.717) is 0 Å². The summed E-state index contributed by atoms with van der Waals surface area (Å²) in [5.74, 6) is 2.61. The molecule has 10 heavy (non-hydrogen) atoms. The van der Waals surface area contributed by atoms with Crippen LogP contribution in [0.2, 0.25) is 0 Å². The zero-order valence-corrected chi connectivity index (χ0v) is 6.69. The van der Waals surface area contributed by atoms with Crippen molar-refractivity contribution in [1.29, 1.82) is 0 Å². The standard InChI is InChI=1S/C9H16N/c1-3-5-6-7-9-10-8-4-2/h1,9-10H,4-8H2,2H3. The van der Waals surface area contributed by atoms with Crippen LogP contribution in [0.3, 0.4) is 0 Å². The topological polar surface area (TPSA) is 12.0 Å². The van der Waals surface area contributed by atoms with Gasteiger partial charge in [-0.15, -0.1) is 12.3 Å². The van der Waals surface area contributed by atoms with Crippen LogP contribution in [0, 0.1) is 18.9 Å². The number of terminal acetylenes is 1. The van der Waals surface area contributed by atoms with Gasteiger partial charge in [-0.05, 0) is 25.8 Å². The minimum atomic E-state index is 0.893. The summed E-state index contributed by atoms with van der Waals surface area (Å²) in [6.45, 7) is 5.33. The van der Waals surface area contributed by atoms with Crippen LogP contribution in [0.4, 0.5) is 0 Å². The molecule has 0 aromatic rings. The molecule has 0 bridgehead atoms. The van der Waals surface area contributed by atoms with Gasteiger partial charge in [-0.1, -0.05) is 6.92 Å². The Kier molecular flexibility index (Phi) is 8.11. The fourth-order valence-corrected chi connectivity index (χ4v) is 0.655. The predicted octanol–water partition coefficient (Wildman–Crippen LogP) is 1.95. The maximum Gasteiger partial charge on any atom is 0.0221 e. The molecule has 0 aromatic carbocycles. The highest BCUT2D eigenvalue weighted by Crippen LogP contribution is 1.94. The second-order valence-corrected chi connectivity index (χ2v) is 2.25. The number of nitrogens with one attached hydrogen (secondary N) is 1. The molecule has 0 fully saturated rings. The lowest BCUT2D eigenvalue weighted by Crippen LogP contribution is -2.10. The van der Waals surface area contributed by atoms with Crippen molar-refractivity contribution in [2.75, 3.05) is 6.54 Å². The predicted molar refractivity (Wildman–Crippen MR) is 45.3 cm³/mol. The van der Waals surface area contributed by atoms with Gasteiger partial charge in [-0.25, -0.2) is 0 Å². The average Bonchev–Trinajstić information content (AvgIpc) is 1.97. The van der Waals surface area contributed by atoms with Crippen molar-refractivity contribution in [2.45, 2.75) is 32.6 Å². The van der Waals surface area contributed by atoms with Crippen molar-refractivity contribution < 1.29 is 0 Å². The first-order valence-corrected chi connectivity index (χ1v) is 3.90. The van der Waals surface area contributed by atoms with Crippen LogP contribution < -0.4 is 5.32 Å². The largest absolute Gasteiger partial charge is 0.312 e. The summed E-state index contributed by atoms with van der Waals surface area (Å²) in [6.07, 6.45) is 9.36. The Morgan fingerprint density at radius 1 is 1.60 bits per heavy atom. The van der Waals surface area contributed by atoms with Gasteiger partial charge in [0.05, 0.1) is 0 Å². The van der Waals surface area contributed by atoms with Gasteiger partial charge in [0.15, 0.2) is 0 Å². The van der Waals surface area contributed by atoms with Gasteiger partial charge in [0, 0.05) is 13.0 Å². The van der Waals surface area contributed by atoms with Gasteiger partial charge in [0.1, 0.15) is 0 Å². The van der Waals surface area contributed by atoms with E-state index < -0.39 is 0 Å². The first-order valence-electron chi connectivity index (χ1n) is 3.90. The molecule has 0 aliphatic carbocycles. The van der Waals surface area contributed by atoms with E-state index in [0.717, 1.165) is 25.8 Å². The molecular weight excluding hydrogens is 122 g/mol. The summed E-state index contributed by atoms with van der Waals surface area (Å²) in [4.78, 5) is 0. The van der Waals surface area contributed by atoms with E-state index in [1.54, 1.807) is 0 Å². The fourth-order valence-electron chi connectivity index (χ4n) is 0.655. The Hall–Kier alpha value is -0.480. The summed E-state index contributed by atoms with van der Waals surface area (Å²) < 4.78 is 0. The molecule has 57 valence electrons. The Labute approximate surface area is 64.2 Å². The van der Waals surface area contributed by atoms with Crippen LogP contribution in [0.1, 0.15) is 32.6 Å². The van der Waals surface area contributed by atoms with Crippen molar-refractivity contribution in [2.24, 2.45) is 0 Å². The number of unbranched alkanes of at least 4 members (excludes halogenated alkanes) is 2. The third-order valence-corrected chi connectivity index (χ3v) is 1.21. The molecule has 1 radical (unpaired) electrons. The molecule has 0 saturated heterocycles. The van der Waals surface area contributed by atoms with Gasteiger partial charge in [-0.2, -0.15) is 0 Å². The van der Waals surface area contributed by atoms with Crippen molar-refractivity contribution in [3.05, 3.63) is 6.54 Å². The fraction of sp³-hybridized carbons (Fsp3) is 0.667. The summed E-state index contributed by atoms with van der Waals surface area (Å²) in [7, 11) is 0. The number of rotatable bonds is 6. The third-order valence-electron chi connectivity index (χ3n) is 1.21. The van der Waals surface area contributed by atoms with Gasteiger partial charge in [0.2, 0.25) is 0 Å². The van der Waals surface area contributed by atoms with E-state index in [9.17, 15) is 0 Å². The Bertz CT molecular complexity index is 91.4. The number of hydrogen-bond acceptors (Lipinski definition) is 1. The molecule has 0 atom stereocenters. The molecule has 0 heterocycles. The van der Waals surface area contributed by atoms with Crippen molar-refractivity contribution >= 4 is 0 Å². The lowest BCUT2D eigenvalue weighted by atomic mass is 10.2. The van der Waals surface area contributed by atoms with Crippen LogP contribution >= 0.6 is 0 Å². The maximum atomic E-state index is 5.09. The first kappa shape index (κ1) is 9.52. The van der Waals surface area contributed by atoms with Crippen LogP contribution in [0.5, 0.6) is 0 Å². The zero-order valence-electron chi connectivity index (χ0n) is 6.69. The molecule has 0 amide bonds. The minimum Gasteiger partial charge on any atom is -0.312 e. The van der Waals surface area contributed by atoms with Gasteiger partial charge in [-0.3, -0.25) is 0 Å². The van der Waals surface area contributed by atoms with Crippen molar-refractivity contribution in [1.82, 2.24) is 5.32 Å². The quantitative estimate of drug-likeness (QED) is 0.437. The Morgan fingerprint density at radius 2 is 2.40 bits per heavy atom. The summed E-state index contributed by atoms with van der Waals surface area (Å²) in [6, 6.07) is 0. The van der Waals surface area contributed by atoms with E-state index in [1.807, 2.05) is 0 Å². The molecule has 1 heteroatoms. The molecule has 0 rings (SSSR count). The molecular formula is C9H16N. The molecule has 0 spiro atoms. The minimum absolute atomic E-state index is 0.893. The normalized spacial score (nSPS) is 9.20. The smallest absolute Gasteiger partial charge is 0.0221 e. The van der Waals surface area contributed by atoms with E-state index in [1.165, 1.54) is 6.42 Å². The molecule has 0 aliphatic rings. The van der Waals surface area contributed by atoms with Crippen LogP contribution in [0.25, 0.3) is 0 Å². The van der Waals surface area contributed by atoms with Crippen LogP contribution in [0.15, 0.2) is 0 Å². The van der Waals surface area contributed by atoms with E-state index in [-0.39, 0.29) is 0 Å². The monoisotopic (exact) mass is 138 g/mol. The Morgan fingerprint density at radius 3 is 3.00 bits per heavy atom. The highest BCUT2D eigenvalue weighted by atomic mass is 14.8. The SMILES string of the molecule is C#CCCC[CH]NCCC. The molecule has 0 aliphatic heterocycles. The first-order chi connectivity index (χ1) is 4.91. The lowest BCUT2D eigenvalue weighted by Gasteiger charge is -1.98. The summed E-state index contributed by atoms with van der Waals surface area (Å²) in [5.41, 5.74) is 0. The highest BCUT2D eigenvalue weighted by Gasteiger charge is 1.85. The Balaban J connectivity index is 2.72. The van der Waals surface area contributed by atoms with Gasteiger partial charge < -0.3 is 5.32 Å². The van der Waals surface area contributed by atoms with E-state index in [4.69, 9.17) is 6.42 Å². The second-order valence-electron chi connectivity index (χ2n) is 2.25. The van der Waals surface area contributed by atoms with Crippen LogP contribution in [-0.2, 0) is 0 Å². The summed E-state index contributed by atoms with van der Waals surface area (Å²) in [5, 5.41) is 3.20. The molecule has 0 aromatic heterocycles. The average molecular weight is 138 g/mol. The van der Waals surface area contributed by atoms with E-state index in [2.05, 4.69) is 24.7 Å². The molecule has 1 N–H and O–H groups in total. The van der Waals surface area contributed by atoms with E-state index >= 15 is 0 Å². The zero-order chi connectivity index (χ0) is 7.66. The highest BCUT2D eigenvalue weighted by molar-refractivity contribution is 4.83. The maximum absolute atomic E-state index is 5.09. The van der Waals surface area contributed by atoms with Gasteiger partial charge >= 0.3 is 0 Å². The molecule has 1 nitrogen and oxygen atoms in total. The van der Waals surface area contributed by atoms with Gasteiger partial charge in [0.25, 0.3) is 0 Å². The molecule has 0 unspecified atom stereocenters. The van der Waals surface area contributed by atoms with Crippen molar-refractivity contribution in [3.63, 3.8) is 0 Å². The number of hydrogen-bond donors (Lipinski definition) is 1. The second kappa shape index (κ2) is 8.52. The van der Waals surface area contributed by atoms with Crippen molar-refractivity contribution in [3.8, 4) is 12.3 Å². The van der Waals surface area contributed by atoms with Crippen LogP contribution in [-0.4, -0.2) is 6.54 Å². The molecule has 0 saturated carbocycles. The third kappa shape index (κ3) is 7.52.